The number of hydrogen-bond acceptors (Lipinski definition) is 6. The molecule has 0 amide bonds. The molecule has 0 saturated carbocycles. The Bertz CT molecular complexity index is 341. The van der Waals surface area contributed by atoms with E-state index in [9.17, 15) is 4.79 Å². The molecular weight excluding hydrogens is 214 g/mol. The maximum atomic E-state index is 10.2. The maximum absolute atomic E-state index is 10.2. The molecule has 1 aromatic heterocycles. The van der Waals surface area contributed by atoms with Crippen LogP contribution in [-0.4, -0.2) is 39.0 Å². The van der Waals surface area contributed by atoms with Crippen LogP contribution in [0.1, 0.15) is 13.3 Å². The van der Waals surface area contributed by atoms with E-state index >= 15 is 0 Å². The molecule has 7 nitrogen and oxygen atoms in total. The van der Waals surface area contributed by atoms with Crippen molar-refractivity contribution in [2.45, 2.75) is 19.4 Å². The third kappa shape index (κ3) is 4.09. The van der Waals surface area contributed by atoms with Gasteiger partial charge in [0.15, 0.2) is 5.75 Å². The van der Waals surface area contributed by atoms with Gasteiger partial charge in [-0.3, -0.25) is 0 Å². The van der Waals surface area contributed by atoms with E-state index in [1.807, 2.05) is 6.92 Å². The van der Waals surface area contributed by atoms with Gasteiger partial charge in [0.25, 0.3) is 0 Å². The Kier molecular flexibility index (Phi) is 4.46. The van der Waals surface area contributed by atoms with Gasteiger partial charge in [-0.05, 0) is 13.3 Å². The minimum absolute atomic E-state index is 0.0382. The van der Waals surface area contributed by atoms with Crippen molar-refractivity contribution in [1.29, 1.82) is 0 Å². The molecule has 7 heteroatoms. The molecule has 1 rings (SSSR count). The molecule has 0 radical (unpaired) electrons. The van der Waals surface area contributed by atoms with Gasteiger partial charge in [0.2, 0.25) is 5.95 Å². The summed E-state index contributed by atoms with van der Waals surface area (Å²) in [6, 6.07) is 0.0382. The first-order valence-corrected chi connectivity index (χ1v) is 4.72. The second kappa shape index (κ2) is 5.86. The van der Waals surface area contributed by atoms with Crippen molar-refractivity contribution < 1.29 is 19.7 Å². The van der Waals surface area contributed by atoms with E-state index in [1.54, 1.807) is 0 Å². The molecule has 0 spiro atoms. The Morgan fingerprint density at radius 2 is 2.19 bits per heavy atom. The lowest BCUT2D eigenvalue weighted by Crippen LogP contribution is -2.18. The third-order valence-corrected chi connectivity index (χ3v) is 1.77. The van der Waals surface area contributed by atoms with Crippen molar-refractivity contribution in [2.75, 3.05) is 11.9 Å². The molecule has 1 aromatic rings. The number of anilines is 1. The van der Waals surface area contributed by atoms with Crippen molar-refractivity contribution in [3.63, 3.8) is 0 Å². The number of aromatic nitrogens is 2. The molecule has 88 valence electrons. The van der Waals surface area contributed by atoms with E-state index in [-0.39, 0.29) is 18.4 Å². The first-order valence-electron chi connectivity index (χ1n) is 4.72. The quantitative estimate of drug-likeness (QED) is 0.636. The smallest absolute Gasteiger partial charge is 0.449 e. The minimum Gasteiger partial charge on any atom is -0.449 e. The van der Waals surface area contributed by atoms with Crippen molar-refractivity contribution in [1.82, 2.24) is 9.97 Å². The van der Waals surface area contributed by atoms with Gasteiger partial charge in [0, 0.05) is 12.6 Å². The van der Waals surface area contributed by atoms with Gasteiger partial charge < -0.3 is 20.3 Å². The first kappa shape index (κ1) is 12.2. The fraction of sp³-hybridized carbons (Fsp3) is 0.444. The molecular formula is C9H13N3O4. The standard InChI is InChI=1S/C9H13N3O4/c1-6(2-3-13)12-8-10-4-7(5-11-8)16-9(14)15/h4-6,13H,2-3H2,1H3,(H,14,15)(H,10,11,12). The first-order chi connectivity index (χ1) is 7.61. The van der Waals surface area contributed by atoms with Crippen LogP contribution in [0.3, 0.4) is 0 Å². The lowest BCUT2D eigenvalue weighted by atomic mass is 10.2. The zero-order valence-electron chi connectivity index (χ0n) is 8.75. The van der Waals surface area contributed by atoms with Crippen molar-refractivity contribution in [2.24, 2.45) is 0 Å². The molecule has 1 heterocycles. The lowest BCUT2D eigenvalue weighted by molar-refractivity contribution is 0.144. The topological polar surface area (TPSA) is 105 Å². The summed E-state index contributed by atoms with van der Waals surface area (Å²) < 4.78 is 4.35. The van der Waals surface area contributed by atoms with Gasteiger partial charge in [0.05, 0.1) is 12.4 Å². The number of carboxylic acid groups (broad SMARTS) is 1. The Morgan fingerprint density at radius 3 is 2.69 bits per heavy atom. The fourth-order valence-corrected chi connectivity index (χ4v) is 1.03. The summed E-state index contributed by atoms with van der Waals surface area (Å²) in [6.45, 7) is 1.95. The van der Waals surface area contributed by atoms with Gasteiger partial charge in [-0.1, -0.05) is 0 Å². The summed E-state index contributed by atoms with van der Waals surface area (Å²) in [6.07, 6.45) is 1.69. The lowest BCUT2D eigenvalue weighted by Gasteiger charge is -2.11. The van der Waals surface area contributed by atoms with E-state index in [2.05, 4.69) is 20.0 Å². The molecule has 1 unspecified atom stereocenters. The average molecular weight is 227 g/mol. The highest BCUT2D eigenvalue weighted by molar-refractivity contribution is 5.60. The summed E-state index contributed by atoms with van der Waals surface area (Å²) in [5.74, 6) is 0.423. The van der Waals surface area contributed by atoms with Crippen LogP contribution in [0.5, 0.6) is 5.75 Å². The Hall–Kier alpha value is -1.89. The second-order valence-corrected chi connectivity index (χ2v) is 3.17. The van der Waals surface area contributed by atoms with Crippen LogP contribution in [0, 0.1) is 0 Å². The van der Waals surface area contributed by atoms with E-state index in [0.717, 1.165) is 0 Å². The fourth-order valence-electron chi connectivity index (χ4n) is 1.03. The average Bonchev–Trinajstić information content (AvgIpc) is 2.20. The molecule has 0 bridgehead atoms. The van der Waals surface area contributed by atoms with Crippen LogP contribution < -0.4 is 10.1 Å². The van der Waals surface area contributed by atoms with Crippen molar-refractivity contribution in [3.05, 3.63) is 12.4 Å². The zero-order valence-corrected chi connectivity index (χ0v) is 8.75. The largest absolute Gasteiger partial charge is 0.511 e. The summed E-state index contributed by atoms with van der Waals surface area (Å²) in [4.78, 5) is 17.9. The van der Waals surface area contributed by atoms with Gasteiger partial charge in [-0.25, -0.2) is 14.8 Å². The number of aliphatic hydroxyl groups excluding tert-OH is 1. The zero-order chi connectivity index (χ0) is 12.0. The van der Waals surface area contributed by atoms with Crippen LogP contribution in [0.15, 0.2) is 12.4 Å². The predicted octanol–water partition coefficient (Wildman–Crippen LogP) is 0.716. The van der Waals surface area contributed by atoms with Crippen LogP contribution in [-0.2, 0) is 0 Å². The molecule has 1 atom stereocenters. The molecule has 0 saturated heterocycles. The van der Waals surface area contributed by atoms with E-state index in [0.29, 0.717) is 12.4 Å². The highest BCUT2D eigenvalue weighted by Crippen LogP contribution is 2.09. The molecule has 16 heavy (non-hydrogen) atoms. The summed E-state index contributed by atoms with van der Waals surface area (Å²) >= 11 is 0. The third-order valence-electron chi connectivity index (χ3n) is 1.77. The van der Waals surface area contributed by atoms with Crippen LogP contribution in [0.4, 0.5) is 10.7 Å². The Labute approximate surface area is 92.1 Å². The number of nitrogens with one attached hydrogen (secondary N) is 1. The van der Waals surface area contributed by atoms with Crippen molar-refractivity contribution >= 4 is 12.1 Å². The number of rotatable bonds is 5. The SMILES string of the molecule is CC(CCO)Nc1ncc(OC(=O)O)cn1. The Morgan fingerprint density at radius 1 is 1.56 bits per heavy atom. The number of ether oxygens (including phenoxy) is 1. The monoisotopic (exact) mass is 227 g/mol. The molecule has 0 aliphatic rings. The Balaban J connectivity index is 2.54. The van der Waals surface area contributed by atoms with E-state index in [4.69, 9.17) is 10.2 Å². The van der Waals surface area contributed by atoms with Crippen LogP contribution >= 0.6 is 0 Å². The summed E-state index contributed by atoms with van der Waals surface area (Å²) in [7, 11) is 0. The van der Waals surface area contributed by atoms with Gasteiger partial charge in [-0.2, -0.15) is 0 Å². The number of nitrogens with zero attached hydrogens (tertiary/aromatic N) is 2. The van der Waals surface area contributed by atoms with Crippen LogP contribution in [0.25, 0.3) is 0 Å². The second-order valence-electron chi connectivity index (χ2n) is 3.17. The maximum Gasteiger partial charge on any atom is 0.511 e. The van der Waals surface area contributed by atoms with Crippen molar-refractivity contribution in [3.8, 4) is 5.75 Å². The number of hydrogen-bond donors (Lipinski definition) is 3. The van der Waals surface area contributed by atoms with Gasteiger partial charge in [0.1, 0.15) is 0 Å². The molecule has 3 N–H and O–H groups in total. The highest BCUT2D eigenvalue weighted by Gasteiger charge is 2.05. The normalized spacial score (nSPS) is 11.9. The number of carbonyl (C=O) groups is 1. The number of aliphatic hydroxyl groups is 1. The highest BCUT2D eigenvalue weighted by atomic mass is 16.7. The minimum atomic E-state index is -1.40. The van der Waals surface area contributed by atoms with Gasteiger partial charge in [-0.15, -0.1) is 0 Å². The van der Waals surface area contributed by atoms with E-state index < -0.39 is 6.16 Å². The molecule has 0 aliphatic heterocycles. The molecule has 0 aromatic carbocycles. The molecule has 0 fully saturated rings. The molecule has 0 aliphatic carbocycles. The van der Waals surface area contributed by atoms with E-state index in [1.165, 1.54) is 12.4 Å². The van der Waals surface area contributed by atoms with Crippen LogP contribution in [0.2, 0.25) is 0 Å². The summed E-state index contributed by atoms with van der Waals surface area (Å²) in [5, 5.41) is 20.0. The summed E-state index contributed by atoms with van der Waals surface area (Å²) in [5.41, 5.74) is 0. The van der Waals surface area contributed by atoms with Gasteiger partial charge >= 0.3 is 6.16 Å². The predicted molar refractivity (Wildman–Crippen MR) is 55.5 cm³/mol.